The van der Waals surface area contributed by atoms with E-state index in [1.165, 1.54) is 6.20 Å². The summed E-state index contributed by atoms with van der Waals surface area (Å²) in [5.74, 6) is 0.247. The molecule has 1 aromatic heterocycles. The van der Waals surface area contributed by atoms with Crippen LogP contribution >= 0.6 is 0 Å². The number of hydrogen-bond acceptors (Lipinski definition) is 3. The van der Waals surface area contributed by atoms with Crippen LogP contribution in [-0.4, -0.2) is 21.0 Å². The number of aromatic nitrogens is 3. The molecule has 1 aromatic rings. The van der Waals surface area contributed by atoms with E-state index in [-0.39, 0.29) is 12.0 Å². The van der Waals surface area contributed by atoms with Crippen molar-refractivity contribution in [3.8, 4) is 0 Å². The summed E-state index contributed by atoms with van der Waals surface area (Å²) < 4.78 is 24.5. The molecular formula is C9H14F2N4. The van der Waals surface area contributed by atoms with E-state index in [0.29, 0.717) is 10.5 Å². The van der Waals surface area contributed by atoms with Gasteiger partial charge in [-0.15, -0.1) is 4.80 Å². The maximum absolute atomic E-state index is 12.2. The highest BCUT2D eigenvalue weighted by molar-refractivity contribution is 5.03. The lowest BCUT2D eigenvalue weighted by molar-refractivity contribution is 0.0407. The van der Waals surface area contributed by atoms with Gasteiger partial charge in [0.2, 0.25) is 0 Å². The molecule has 0 unspecified atom stereocenters. The van der Waals surface area contributed by atoms with E-state index in [4.69, 9.17) is 5.73 Å². The second kappa shape index (κ2) is 4.22. The topological polar surface area (TPSA) is 56.7 Å². The Labute approximate surface area is 86.4 Å². The van der Waals surface area contributed by atoms with Crippen molar-refractivity contribution >= 4 is 0 Å². The molecule has 1 aliphatic rings. The van der Waals surface area contributed by atoms with Crippen LogP contribution in [0.1, 0.15) is 43.8 Å². The third-order valence-electron chi connectivity index (χ3n) is 2.89. The van der Waals surface area contributed by atoms with Crippen molar-refractivity contribution < 1.29 is 8.78 Å². The van der Waals surface area contributed by atoms with Crippen molar-refractivity contribution in [3.63, 3.8) is 0 Å². The van der Waals surface area contributed by atoms with Gasteiger partial charge in [-0.05, 0) is 25.7 Å². The van der Waals surface area contributed by atoms with E-state index in [1.54, 1.807) is 0 Å². The molecule has 1 saturated carbocycles. The molecule has 84 valence electrons. The summed E-state index contributed by atoms with van der Waals surface area (Å²) in [6, 6.07) is 0.256. The molecule has 0 bridgehead atoms. The number of rotatable bonds is 2. The van der Waals surface area contributed by atoms with Gasteiger partial charge in [-0.1, -0.05) is 0 Å². The second-order valence-electron chi connectivity index (χ2n) is 3.98. The van der Waals surface area contributed by atoms with Crippen molar-refractivity contribution in [2.24, 2.45) is 5.73 Å². The van der Waals surface area contributed by atoms with Crippen molar-refractivity contribution in [2.45, 2.75) is 44.2 Å². The first-order valence-corrected chi connectivity index (χ1v) is 5.12. The molecule has 4 nitrogen and oxygen atoms in total. The number of nitrogens with two attached hydrogens (primary N) is 1. The van der Waals surface area contributed by atoms with E-state index < -0.39 is 6.55 Å². The number of halogens is 2. The Morgan fingerprint density at radius 2 is 2.00 bits per heavy atom. The molecule has 1 heterocycles. The van der Waals surface area contributed by atoms with E-state index in [1.807, 2.05) is 0 Å². The van der Waals surface area contributed by atoms with E-state index in [2.05, 4.69) is 10.2 Å². The minimum Gasteiger partial charge on any atom is -0.328 e. The molecule has 15 heavy (non-hydrogen) atoms. The van der Waals surface area contributed by atoms with Crippen LogP contribution in [0.3, 0.4) is 0 Å². The molecule has 0 atom stereocenters. The summed E-state index contributed by atoms with van der Waals surface area (Å²) in [4.78, 5) is 0.462. The Morgan fingerprint density at radius 3 is 2.53 bits per heavy atom. The van der Waals surface area contributed by atoms with Crippen LogP contribution in [0.2, 0.25) is 0 Å². The third-order valence-corrected chi connectivity index (χ3v) is 2.89. The molecule has 2 N–H and O–H groups in total. The molecule has 0 spiro atoms. The molecule has 1 aliphatic carbocycles. The van der Waals surface area contributed by atoms with Gasteiger partial charge in [0.25, 0.3) is 0 Å². The Balaban J connectivity index is 2.03. The largest absolute Gasteiger partial charge is 0.348 e. The van der Waals surface area contributed by atoms with E-state index >= 15 is 0 Å². The molecule has 0 radical (unpaired) electrons. The maximum atomic E-state index is 12.2. The normalized spacial score (nSPS) is 27.2. The molecule has 1 fully saturated rings. The van der Waals surface area contributed by atoms with Gasteiger partial charge in [-0.25, -0.2) is 0 Å². The Hall–Kier alpha value is -1.04. The average Bonchev–Trinajstić information content (AvgIpc) is 2.68. The maximum Gasteiger partial charge on any atom is 0.348 e. The zero-order chi connectivity index (χ0) is 10.8. The highest BCUT2D eigenvalue weighted by Gasteiger charge is 2.23. The predicted octanol–water partition coefficient (Wildman–Crippen LogP) is 1.66. The van der Waals surface area contributed by atoms with Gasteiger partial charge in [-0.2, -0.15) is 19.0 Å². The fraction of sp³-hybridized carbons (Fsp3) is 0.778. The molecular weight excluding hydrogens is 202 g/mol. The highest BCUT2D eigenvalue weighted by Crippen LogP contribution is 2.30. The fourth-order valence-corrected chi connectivity index (χ4v) is 1.98. The Bertz CT molecular complexity index is 318. The first-order chi connectivity index (χ1) is 7.16. The number of alkyl halides is 2. The lowest BCUT2D eigenvalue weighted by atomic mass is 9.85. The Morgan fingerprint density at radius 1 is 1.33 bits per heavy atom. The van der Waals surface area contributed by atoms with Crippen molar-refractivity contribution in [1.82, 2.24) is 15.0 Å². The summed E-state index contributed by atoms with van der Waals surface area (Å²) in [7, 11) is 0. The van der Waals surface area contributed by atoms with Crippen LogP contribution in [0.4, 0.5) is 8.78 Å². The van der Waals surface area contributed by atoms with Crippen LogP contribution in [0.15, 0.2) is 6.20 Å². The Kier molecular flexibility index (Phi) is 2.95. The van der Waals surface area contributed by atoms with Gasteiger partial charge in [-0.3, -0.25) is 0 Å². The van der Waals surface area contributed by atoms with Crippen LogP contribution in [0, 0.1) is 0 Å². The van der Waals surface area contributed by atoms with E-state index in [0.717, 1.165) is 25.7 Å². The van der Waals surface area contributed by atoms with Gasteiger partial charge in [0, 0.05) is 12.0 Å². The summed E-state index contributed by atoms with van der Waals surface area (Å²) in [6.07, 6.45) is 5.15. The monoisotopic (exact) mass is 216 g/mol. The van der Waals surface area contributed by atoms with Crippen molar-refractivity contribution in [3.05, 3.63) is 11.9 Å². The molecule has 0 saturated heterocycles. The fourth-order valence-electron chi connectivity index (χ4n) is 1.98. The molecule has 6 heteroatoms. The highest BCUT2D eigenvalue weighted by atomic mass is 19.3. The van der Waals surface area contributed by atoms with Crippen molar-refractivity contribution in [2.75, 3.05) is 0 Å². The quantitative estimate of drug-likeness (QED) is 0.817. The summed E-state index contributed by atoms with van der Waals surface area (Å²) in [6.45, 7) is -2.65. The van der Waals surface area contributed by atoms with Crippen molar-refractivity contribution in [1.29, 1.82) is 0 Å². The summed E-state index contributed by atoms with van der Waals surface area (Å²) >= 11 is 0. The molecule has 0 aliphatic heterocycles. The predicted molar refractivity (Wildman–Crippen MR) is 50.5 cm³/mol. The lowest BCUT2D eigenvalue weighted by Crippen LogP contribution is -2.25. The lowest BCUT2D eigenvalue weighted by Gasteiger charge is -2.24. The van der Waals surface area contributed by atoms with Gasteiger partial charge < -0.3 is 5.73 Å². The standard InChI is InChI=1S/C9H14F2N4/c10-9(11)15-13-5-8(14-15)6-1-3-7(12)4-2-6/h5-7,9H,1-4,12H2. The first kappa shape index (κ1) is 10.5. The first-order valence-electron chi connectivity index (χ1n) is 5.12. The number of nitrogens with zero attached hydrogens (tertiary/aromatic N) is 3. The van der Waals surface area contributed by atoms with Crippen LogP contribution in [0.5, 0.6) is 0 Å². The third kappa shape index (κ3) is 2.31. The smallest absolute Gasteiger partial charge is 0.328 e. The van der Waals surface area contributed by atoms with Gasteiger partial charge in [0.1, 0.15) is 0 Å². The summed E-state index contributed by atoms with van der Waals surface area (Å²) in [5.41, 5.74) is 6.44. The second-order valence-corrected chi connectivity index (χ2v) is 3.98. The average molecular weight is 216 g/mol. The zero-order valence-electron chi connectivity index (χ0n) is 8.31. The minimum atomic E-state index is -2.65. The molecule has 0 amide bonds. The van der Waals surface area contributed by atoms with Crippen LogP contribution in [-0.2, 0) is 0 Å². The van der Waals surface area contributed by atoms with Gasteiger partial charge in [0.15, 0.2) is 0 Å². The zero-order valence-corrected chi connectivity index (χ0v) is 8.31. The van der Waals surface area contributed by atoms with Crippen LogP contribution in [0.25, 0.3) is 0 Å². The minimum absolute atomic E-state index is 0.247. The number of hydrogen-bond donors (Lipinski definition) is 1. The summed E-state index contributed by atoms with van der Waals surface area (Å²) in [5, 5.41) is 7.31. The van der Waals surface area contributed by atoms with Crippen LogP contribution < -0.4 is 5.73 Å². The SMILES string of the molecule is NC1CCC(c2cnn(C(F)F)n2)CC1. The van der Waals surface area contributed by atoms with Gasteiger partial charge in [0.05, 0.1) is 11.9 Å². The molecule has 0 aromatic carbocycles. The van der Waals surface area contributed by atoms with E-state index in [9.17, 15) is 8.78 Å². The molecule has 2 rings (SSSR count). The van der Waals surface area contributed by atoms with Gasteiger partial charge >= 0.3 is 6.55 Å².